The third-order valence-electron chi connectivity index (χ3n) is 22.8. The van der Waals surface area contributed by atoms with E-state index in [1.165, 1.54) is 0 Å². The lowest BCUT2D eigenvalue weighted by molar-refractivity contribution is 0.590. The quantitative estimate of drug-likeness (QED) is 0.100. The van der Waals surface area contributed by atoms with Crippen molar-refractivity contribution in [3.05, 3.63) is 381 Å². The van der Waals surface area contributed by atoms with Gasteiger partial charge < -0.3 is 18.9 Å². The van der Waals surface area contributed by atoms with Crippen molar-refractivity contribution < 1.29 is 19.2 Å². The molecule has 0 unspecified atom stereocenters. The fourth-order valence-electron chi connectivity index (χ4n) is 17.5. The van der Waals surface area contributed by atoms with E-state index in [1.807, 2.05) is 103 Å². The Labute approximate surface area is 668 Å². The molecule has 4 nitrogen and oxygen atoms in total. The number of aromatic nitrogens is 2. The summed E-state index contributed by atoms with van der Waals surface area (Å²) in [6, 6.07) is 91.4. The topological polar surface area (TPSA) is 16.3 Å². The van der Waals surface area contributed by atoms with Gasteiger partial charge in [-0.15, -0.1) is 0 Å². The van der Waals surface area contributed by atoms with Crippen molar-refractivity contribution in [3.8, 4) is 78.1 Å². The van der Waals surface area contributed by atoms with Crippen LogP contribution in [0.2, 0.25) is 0 Å². The van der Waals surface area contributed by atoms with Crippen LogP contribution in [0.5, 0.6) is 0 Å². The van der Waals surface area contributed by atoms with Gasteiger partial charge in [-0.25, -0.2) is 0 Å². The molecule has 2 aliphatic rings. The first-order chi connectivity index (χ1) is 60.2. The van der Waals surface area contributed by atoms with Crippen molar-refractivity contribution in [3.63, 3.8) is 0 Å². The van der Waals surface area contributed by atoms with Gasteiger partial charge in [0.1, 0.15) is 0 Å². The highest BCUT2D eigenvalue weighted by molar-refractivity contribution is 7.00. The van der Waals surface area contributed by atoms with E-state index in [0.717, 1.165) is 116 Å². The fourth-order valence-corrected chi connectivity index (χ4v) is 17.5. The van der Waals surface area contributed by atoms with Gasteiger partial charge in [0.2, 0.25) is 0 Å². The molecule has 0 saturated carbocycles. The van der Waals surface area contributed by atoms with E-state index in [9.17, 15) is 19.2 Å². The molecule has 0 spiro atoms. The zero-order valence-corrected chi connectivity index (χ0v) is 62.0. The van der Waals surface area contributed by atoms with E-state index in [2.05, 4.69) is 233 Å². The maximum atomic E-state index is 10.2. The summed E-state index contributed by atoms with van der Waals surface area (Å²) in [4.78, 5) is 4.79. The molecule has 0 amide bonds. The molecule has 526 valence electrons. The molecule has 0 N–H and O–H groups in total. The Bertz CT molecular complexity index is 7800. The van der Waals surface area contributed by atoms with Gasteiger partial charge in [-0.05, 0) is 183 Å². The van der Waals surface area contributed by atoms with Gasteiger partial charge in [-0.3, -0.25) is 0 Å². The second kappa shape index (κ2) is 25.6. The van der Waals surface area contributed by atoms with Crippen molar-refractivity contribution in [2.45, 2.75) is 52.4 Å². The molecule has 0 bridgehead atoms. The van der Waals surface area contributed by atoms with E-state index in [1.54, 1.807) is 9.13 Å². The van der Waals surface area contributed by atoms with Crippen LogP contribution >= 0.6 is 0 Å². The van der Waals surface area contributed by atoms with E-state index in [-0.39, 0.29) is 103 Å². The monoisotopic (exact) mass is 1430 g/mol. The van der Waals surface area contributed by atoms with E-state index < -0.39 is 53.8 Å². The first-order valence-corrected chi connectivity index (χ1v) is 37.9. The molecule has 2 aliphatic heterocycles. The average molecular weight is 1430 g/mol. The summed E-state index contributed by atoms with van der Waals surface area (Å²) in [6.07, 6.45) is 0. The number of para-hydroxylation sites is 3. The molecule has 0 atom stereocenters. The van der Waals surface area contributed by atoms with Gasteiger partial charge in [0.05, 0.1) is 52.6 Å². The van der Waals surface area contributed by atoms with Crippen LogP contribution < -0.4 is 26.2 Å². The lowest BCUT2D eigenvalue weighted by Crippen LogP contribution is -2.61. The summed E-state index contributed by atoms with van der Waals surface area (Å²) in [7, 11) is 0. The minimum Gasteiger partial charge on any atom is -0.310 e. The van der Waals surface area contributed by atoms with Crippen molar-refractivity contribution >= 4 is 122 Å². The minimum atomic E-state index is -0.736. The Hall–Kier alpha value is -13.5. The van der Waals surface area contributed by atoms with Gasteiger partial charge in [-0.1, -0.05) is 332 Å². The van der Waals surface area contributed by atoms with Crippen LogP contribution in [0.3, 0.4) is 0 Å². The van der Waals surface area contributed by atoms with Crippen LogP contribution in [0.25, 0.3) is 143 Å². The van der Waals surface area contributed by atoms with Crippen LogP contribution in [0.1, 0.15) is 71.9 Å². The van der Waals surface area contributed by atoms with Crippen LogP contribution in [-0.2, 0) is 10.8 Å². The third-order valence-corrected chi connectivity index (χ3v) is 22.8. The zero-order valence-electron chi connectivity index (χ0n) is 76.0. The van der Waals surface area contributed by atoms with Crippen LogP contribution in [-0.4, -0.2) is 15.8 Å². The molecule has 0 radical (unpaired) electrons. The highest BCUT2D eigenvalue weighted by Crippen LogP contribution is 2.56. The third kappa shape index (κ3) is 10.6. The van der Waals surface area contributed by atoms with E-state index in [4.69, 9.17) is 0 Å². The smallest absolute Gasteiger partial charge is 0.252 e. The highest BCUT2D eigenvalue weighted by atomic mass is 15.2. The minimum absolute atomic E-state index is 0.0565. The normalized spacial score (nSPS) is 14.5. The largest absolute Gasteiger partial charge is 0.310 e. The van der Waals surface area contributed by atoms with Crippen molar-refractivity contribution in [2.75, 3.05) is 9.80 Å². The summed E-state index contributed by atoms with van der Waals surface area (Å²) < 4.78 is 141. The number of nitrogens with zero attached hydrogens (tertiary/aromatic N) is 4. The summed E-state index contributed by atoms with van der Waals surface area (Å²) in [6.45, 7) is 12.6. The molecule has 2 aromatic heterocycles. The fraction of sp³-hybridized carbons (Fsp3) is 0.0755. The Morgan fingerprint density at radius 1 is 0.270 bits per heavy atom. The lowest BCUT2D eigenvalue weighted by atomic mass is 9.33. The lowest BCUT2D eigenvalue weighted by Gasteiger charge is -2.46. The molecule has 21 rings (SSSR count). The van der Waals surface area contributed by atoms with Crippen molar-refractivity contribution in [1.29, 1.82) is 0 Å². The van der Waals surface area contributed by atoms with Crippen LogP contribution in [0.15, 0.2) is 370 Å². The molecule has 0 aliphatic carbocycles. The molecule has 0 saturated heterocycles. The molecule has 5 heteroatoms. The highest BCUT2D eigenvalue weighted by Gasteiger charge is 2.47. The Balaban J connectivity index is 0.966. The van der Waals surface area contributed by atoms with Crippen LogP contribution in [0, 0.1) is 0 Å². The molecule has 0 fully saturated rings. The van der Waals surface area contributed by atoms with E-state index >= 15 is 0 Å². The maximum absolute atomic E-state index is 10.2. The van der Waals surface area contributed by atoms with Gasteiger partial charge in [0.15, 0.2) is 0 Å². The molecule has 19 aromatic rings. The molecular formula is C106H79BN4. The van der Waals surface area contributed by atoms with Gasteiger partial charge in [0, 0.05) is 77.9 Å². The summed E-state index contributed by atoms with van der Waals surface area (Å²) in [5, 5.41) is 4.99. The van der Waals surface area contributed by atoms with E-state index in [0.29, 0.717) is 33.9 Å². The molecule has 4 heterocycles. The van der Waals surface area contributed by atoms with Crippen LogP contribution in [0.4, 0.5) is 34.1 Å². The first kappa shape index (κ1) is 52.5. The van der Waals surface area contributed by atoms with Gasteiger partial charge in [0.25, 0.3) is 6.71 Å². The molecule has 111 heavy (non-hydrogen) atoms. The SMILES string of the molecule is [2H]c1c([2H])c([2H])c2c(c1[2H])c1c(-c3ccccc3)c([2H])c([2H])c([2H])c1n2-c1ccc2c(c1)N(c1c(-c3ccccc3)cccc1-c1ccc3c(ccc4ccccc43)c1)c1cc(C(C)(C)C)cc3c1B2c1ccc(-n2c4c([2H])c([2H])c([2H])c([2H])c4c4c(-c5ccccc5)c([2H])c([2H])c([2H])c42)cc1N3c1c(-c2ccccc2)cc(C(C)(C)C)cc1-c1ccccc1. The number of fused-ring (bicyclic) bond motifs is 13. The summed E-state index contributed by atoms with van der Waals surface area (Å²) in [5.74, 6) is 0. The number of hydrogen-bond donors (Lipinski definition) is 0. The Morgan fingerprint density at radius 3 is 1.15 bits per heavy atom. The number of anilines is 6. The average Bonchev–Trinajstić information content (AvgIpc) is 1.38. The first-order valence-electron chi connectivity index (χ1n) is 44.9. The van der Waals surface area contributed by atoms with Crippen molar-refractivity contribution in [2.24, 2.45) is 0 Å². The number of hydrogen-bond acceptors (Lipinski definition) is 2. The molecular weight excluding hydrogens is 1340 g/mol. The van der Waals surface area contributed by atoms with Crippen molar-refractivity contribution in [1.82, 2.24) is 9.13 Å². The second-order valence-corrected chi connectivity index (χ2v) is 31.3. The second-order valence-electron chi connectivity index (χ2n) is 31.3. The Morgan fingerprint density at radius 2 is 0.667 bits per heavy atom. The van der Waals surface area contributed by atoms with Gasteiger partial charge >= 0.3 is 0 Å². The Kier molecular flexibility index (Phi) is 12.1. The number of rotatable bonds is 10. The molecule has 17 aromatic carbocycles. The standard InChI is InChI=1S/C106H79BN4/c1-105(2,3)76-62-88(71-37-18-10-19-38-71)104(89(63-76)72-39-20-11-21-40-72)111-97-67-79(109-93-50-27-25-44-87(93)101-83(46-30-52-95(101)109)69-33-14-8-15-34-69)57-60-91(97)107-90-59-56-78(108-92-49-26-24-43-86(92)100-82(45-29-51-94(100)108)68-31-12-7-13-32-68)66-96(90)110(98-64-77(106(4,5)6)65-99(111)102(98)107)103-84(70-35-16-9-17-36-70)47-28-48-85(103)75-55-58-81-74(61-75)54-53-73-41-22-23-42-80(73)81/h7-67H,1-6H3/i24D,25D,26D,27D,29D,30D,43D,44D,45D,46D,49D,50D,51D,52D. The predicted octanol–water partition coefficient (Wildman–Crippen LogP) is 26.9. The predicted molar refractivity (Wildman–Crippen MR) is 474 cm³/mol. The van der Waals surface area contributed by atoms with Gasteiger partial charge in [-0.2, -0.15) is 0 Å². The summed E-state index contributed by atoms with van der Waals surface area (Å²) >= 11 is 0. The maximum Gasteiger partial charge on any atom is 0.252 e. The zero-order chi connectivity index (χ0) is 86.6. The number of benzene rings is 17. The summed E-state index contributed by atoms with van der Waals surface area (Å²) in [5.41, 5.74) is 17.8.